The van der Waals surface area contributed by atoms with Crippen molar-refractivity contribution >= 4 is 13.0 Å². The van der Waals surface area contributed by atoms with Crippen molar-refractivity contribution in [1.82, 2.24) is 0 Å². The van der Waals surface area contributed by atoms with E-state index in [-0.39, 0.29) is 5.87 Å². The zero-order valence-corrected chi connectivity index (χ0v) is 12.5. The third kappa shape index (κ3) is 1.38. The van der Waals surface area contributed by atoms with Crippen molar-refractivity contribution in [2.75, 3.05) is 12.3 Å². The molecule has 1 heterocycles. The van der Waals surface area contributed by atoms with E-state index in [9.17, 15) is 0 Å². The standard InChI is InChI=1S/C13H28BP/c1-7-13-12(6)15(10-4,11-5)14(13,8-2)9-3/h7-11H2,1-6H3. The van der Waals surface area contributed by atoms with Gasteiger partial charge >= 0.3 is 0 Å². The molecule has 0 bridgehead atoms. The Morgan fingerprint density at radius 3 is 1.67 bits per heavy atom. The lowest BCUT2D eigenvalue weighted by Crippen LogP contribution is -2.49. The van der Waals surface area contributed by atoms with E-state index < -0.39 is 7.14 Å². The van der Waals surface area contributed by atoms with Crippen LogP contribution in [0.4, 0.5) is 0 Å². The third-order valence-electron chi connectivity index (χ3n) is 5.59. The summed E-state index contributed by atoms with van der Waals surface area (Å²) in [6.07, 6.45) is 7.11. The van der Waals surface area contributed by atoms with Crippen molar-refractivity contribution in [2.45, 2.75) is 60.6 Å². The molecule has 0 amide bonds. The van der Waals surface area contributed by atoms with Gasteiger partial charge in [0.1, 0.15) is 0 Å². The predicted octanol–water partition coefficient (Wildman–Crippen LogP) is 5.27. The molecule has 0 aromatic rings. The molecule has 0 saturated carbocycles. The van der Waals surface area contributed by atoms with Crippen molar-refractivity contribution in [1.29, 1.82) is 0 Å². The van der Waals surface area contributed by atoms with Crippen LogP contribution in [0.3, 0.4) is 0 Å². The lowest BCUT2D eigenvalue weighted by Gasteiger charge is -2.61. The third-order valence-corrected chi connectivity index (χ3v) is 12.4. The van der Waals surface area contributed by atoms with Gasteiger partial charge in [-0.15, -0.1) is 19.8 Å². The van der Waals surface area contributed by atoms with Crippen molar-refractivity contribution in [3.05, 3.63) is 10.8 Å². The van der Waals surface area contributed by atoms with Crippen LogP contribution in [0.5, 0.6) is 0 Å². The fraction of sp³-hybridized carbons (Fsp3) is 0.846. The maximum atomic E-state index is 2.45. The SMILES string of the molecule is CCC1=C(C)[P+](CC)(CC)[B-]1(CC)CC. The van der Waals surface area contributed by atoms with Crippen LogP contribution in [0.15, 0.2) is 10.8 Å². The summed E-state index contributed by atoms with van der Waals surface area (Å²) in [5.74, 6) is -0.0810. The minimum absolute atomic E-state index is 0.0810. The summed E-state index contributed by atoms with van der Waals surface area (Å²) in [6, 6.07) is 0. The van der Waals surface area contributed by atoms with Crippen molar-refractivity contribution < 1.29 is 0 Å². The second kappa shape index (κ2) is 4.62. The average molecular weight is 226 g/mol. The fourth-order valence-corrected chi connectivity index (χ4v) is 11.5. The summed E-state index contributed by atoms with van der Waals surface area (Å²) >= 11 is 0. The van der Waals surface area contributed by atoms with Gasteiger partial charge in [-0.05, 0) is 26.1 Å². The Balaban J connectivity index is 3.25. The van der Waals surface area contributed by atoms with E-state index in [1.54, 1.807) is 0 Å². The molecule has 0 N–H and O–H groups in total. The Hall–Kier alpha value is 0.235. The highest BCUT2D eigenvalue weighted by Crippen LogP contribution is 2.83. The summed E-state index contributed by atoms with van der Waals surface area (Å²) < 4.78 is 0. The lowest BCUT2D eigenvalue weighted by atomic mass is 9.36. The molecule has 1 aliphatic heterocycles. The first-order chi connectivity index (χ1) is 7.10. The molecule has 0 aliphatic carbocycles. The van der Waals surface area contributed by atoms with Gasteiger partial charge in [-0.25, -0.2) is 0 Å². The molecular formula is C13H28BP. The molecule has 0 aromatic carbocycles. The lowest BCUT2D eigenvalue weighted by molar-refractivity contribution is 1.10. The summed E-state index contributed by atoms with van der Waals surface area (Å²) in [5, 5.41) is 1.86. The minimum atomic E-state index is -0.694. The molecule has 0 unspecified atom stereocenters. The van der Waals surface area contributed by atoms with Gasteiger partial charge in [0.15, 0.2) is 5.87 Å². The first-order valence-electron chi connectivity index (χ1n) is 6.86. The van der Waals surface area contributed by atoms with Gasteiger partial charge in [-0.3, -0.25) is 0 Å². The van der Waals surface area contributed by atoms with E-state index in [1.165, 1.54) is 31.4 Å². The van der Waals surface area contributed by atoms with Crippen LogP contribution in [-0.4, -0.2) is 18.2 Å². The van der Waals surface area contributed by atoms with Crippen LogP contribution in [-0.2, 0) is 0 Å². The molecule has 0 nitrogen and oxygen atoms in total. The summed E-state index contributed by atoms with van der Waals surface area (Å²) in [6.45, 7) is 14.6. The second-order valence-electron chi connectivity index (χ2n) is 5.14. The maximum Gasteiger partial charge on any atom is 0.197 e. The topological polar surface area (TPSA) is 0 Å². The molecule has 1 rings (SSSR count). The number of allylic oxidation sites excluding steroid dienone is 2. The Labute approximate surface area is 97.1 Å². The molecule has 1 aliphatic rings. The summed E-state index contributed by atoms with van der Waals surface area (Å²) in [4.78, 5) is 0. The van der Waals surface area contributed by atoms with E-state index in [2.05, 4.69) is 41.5 Å². The first-order valence-corrected chi connectivity index (χ1v) is 9.09. The Morgan fingerprint density at radius 1 is 0.933 bits per heavy atom. The first kappa shape index (κ1) is 13.3. The molecule has 0 spiro atoms. The van der Waals surface area contributed by atoms with E-state index in [4.69, 9.17) is 0 Å². The van der Waals surface area contributed by atoms with Crippen molar-refractivity contribution in [2.24, 2.45) is 0 Å². The number of hydrogen-bond acceptors (Lipinski definition) is 0. The Kier molecular flexibility index (Phi) is 4.10. The van der Waals surface area contributed by atoms with Gasteiger partial charge in [0.2, 0.25) is 0 Å². The highest BCUT2D eigenvalue weighted by Gasteiger charge is 2.59. The predicted molar refractivity (Wildman–Crippen MR) is 77.7 cm³/mol. The van der Waals surface area contributed by atoms with Crippen molar-refractivity contribution in [3.8, 4) is 0 Å². The molecule has 0 aromatic heterocycles. The smallest absolute Gasteiger partial charge is 0.155 e. The highest BCUT2D eigenvalue weighted by molar-refractivity contribution is 8.14. The normalized spacial score (nSPS) is 22.8. The fourth-order valence-electron chi connectivity index (χ4n) is 4.79. The van der Waals surface area contributed by atoms with Crippen LogP contribution in [0, 0.1) is 0 Å². The number of hydrogen-bond donors (Lipinski definition) is 0. The van der Waals surface area contributed by atoms with Gasteiger partial charge in [0.25, 0.3) is 0 Å². The zero-order valence-electron chi connectivity index (χ0n) is 11.6. The van der Waals surface area contributed by atoms with Gasteiger partial charge in [-0.1, -0.05) is 27.2 Å². The molecule has 0 saturated heterocycles. The van der Waals surface area contributed by atoms with Gasteiger partial charge < -0.3 is 0 Å². The van der Waals surface area contributed by atoms with Crippen LogP contribution in [0.1, 0.15) is 48.0 Å². The van der Waals surface area contributed by atoms with Crippen LogP contribution >= 0.6 is 7.14 Å². The second-order valence-corrected chi connectivity index (χ2v) is 10.1. The molecule has 0 atom stereocenters. The van der Waals surface area contributed by atoms with Crippen molar-refractivity contribution in [3.63, 3.8) is 0 Å². The molecule has 0 radical (unpaired) electrons. The quantitative estimate of drug-likeness (QED) is 0.442. The largest absolute Gasteiger partial charge is 0.197 e. The highest BCUT2D eigenvalue weighted by atomic mass is 31.2. The van der Waals surface area contributed by atoms with Crippen LogP contribution in [0.2, 0.25) is 12.6 Å². The van der Waals surface area contributed by atoms with E-state index in [0.29, 0.717) is 0 Å². The van der Waals surface area contributed by atoms with E-state index >= 15 is 0 Å². The van der Waals surface area contributed by atoms with Crippen LogP contribution < -0.4 is 0 Å². The Morgan fingerprint density at radius 2 is 1.40 bits per heavy atom. The maximum absolute atomic E-state index is 2.45. The monoisotopic (exact) mass is 226 g/mol. The minimum Gasteiger partial charge on any atom is -0.155 e. The molecule has 88 valence electrons. The molecule has 15 heavy (non-hydrogen) atoms. The zero-order chi connectivity index (χ0) is 11.7. The molecular weight excluding hydrogens is 198 g/mol. The van der Waals surface area contributed by atoms with E-state index in [1.807, 2.05) is 10.8 Å². The molecule has 2 heteroatoms. The van der Waals surface area contributed by atoms with Gasteiger partial charge in [0.05, 0.1) is 0 Å². The average Bonchev–Trinajstić information content (AvgIpc) is 2.27. The van der Waals surface area contributed by atoms with Gasteiger partial charge in [-0.2, -0.15) is 5.47 Å². The Bertz CT molecular complexity index is 260. The van der Waals surface area contributed by atoms with Gasteiger partial charge in [0, 0.05) is 12.3 Å². The van der Waals surface area contributed by atoms with E-state index in [0.717, 1.165) is 0 Å². The number of rotatable bonds is 5. The molecule has 0 fully saturated rings. The van der Waals surface area contributed by atoms with Crippen LogP contribution in [0.25, 0.3) is 0 Å². The summed E-state index contributed by atoms with van der Waals surface area (Å²) in [5.41, 5.74) is 1.89. The summed E-state index contributed by atoms with van der Waals surface area (Å²) in [7, 11) is -0.694.